The minimum absolute atomic E-state index is 0.00646. The van der Waals surface area contributed by atoms with Crippen molar-refractivity contribution in [1.82, 2.24) is 15.4 Å². The fourth-order valence-electron chi connectivity index (χ4n) is 3.34. The van der Waals surface area contributed by atoms with Gasteiger partial charge in [0.25, 0.3) is 0 Å². The number of anilines is 2. The van der Waals surface area contributed by atoms with E-state index in [0.29, 0.717) is 18.0 Å². The first-order valence-corrected chi connectivity index (χ1v) is 9.36. The Balaban J connectivity index is 1.76. The summed E-state index contributed by atoms with van der Waals surface area (Å²) in [6, 6.07) is 11.5. The molecule has 0 fully saturated rings. The maximum absolute atomic E-state index is 9.66. The summed E-state index contributed by atoms with van der Waals surface area (Å²) >= 11 is 0. The molecule has 1 atom stereocenters. The van der Waals surface area contributed by atoms with Crippen LogP contribution in [0.25, 0.3) is 11.0 Å². The van der Waals surface area contributed by atoms with Gasteiger partial charge in [0, 0.05) is 55.1 Å². The molecule has 4 rings (SSSR count). The summed E-state index contributed by atoms with van der Waals surface area (Å²) < 4.78 is 10.8. The number of hydrogen-bond acceptors (Lipinski definition) is 8. The van der Waals surface area contributed by atoms with E-state index in [2.05, 4.69) is 15.5 Å². The molecule has 150 valence electrons. The van der Waals surface area contributed by atoms with Gasteiger partial charge in [-0.3, -0.25) is 4.98 Å². The van der Waals surface area contributed by atoms with E-state index in [9.17, 15) is 5.11 Å². The molecule has 0 bridgehead atoms. The molecule has 0 aliphatic carbocycles. The Kier molecular flexibility index (Phi) is 5.44. The Bertz CT molecular complexity index is 1020. The van der Waals surface area contributed by atoms with Crippen LogP contribution in [0.5, 0.6) is 11.5 Å². The molecule has 3 aromatic rings. The number of fused-ring (bicyclic) bond motifs is 1. The van der Waals surface area contributed by atoms with Crippen LogP contribution >= 0.6 is 0 Å². The average molecular weight is 393 g/mol. The topological polar surface area (TPSA) is 92.1 Å². The second-order valence-electron chi connectivity index (χ2n) is 6.66. The summed E-state index contributed by atoms with van der Waals surface area (Å²) in [6.07, 6.45) is 3.64. The van der Waals surface area contributed by atoms with Crippen molar-refractivity contribution in [3.05, 3.63) is 48.3 Å². The van der Waals surface area contributed by atoms with Gasteiger partial charge in [0.15, 0.2) is 0 Å². The van der Waals surface area contributed by atoms with Crippen LogP contribution in [-0.2, 0) is 0 Å². The van der Waals surface area contributed by atoms with Crippen molar-refractivity contribution in [1.29, 1.82) is 0 Å². The number of hydrazone groups is 1. The van der Waals surface area contributed by atoms with Gasteiger partial charge in [-0.25, -0.2) is 4.98 Å². The Morgan fingerprint density at radius 3 is 2.52 bits per heavy atom. The second kappa shape index (κ2) is 8.32. The minimum Gasteiger partial charge on any atom is -0.497 e. The van der Waals surface area contributed by atoms with Crippen LogP contribution in [0.3, 0.4) is 0 Å². The third-order valence-corrected chi connectivity index (χ3v) is 4.86. The van der Waals surface area contributed by atoms with Crippen LogP contribution < -0.4 is 19.8 Å². The number of methoxy groups -OCH3 is 2. The quantitative estimate of drug-likeness (QED) is 0.637. The number of nitrogens with zero attached hydrogens (tertiary/aromatic N) is 4. The van der Waals surface area contributed by atoms with Crippen molar-refractivity contribution in [2.75, 3.05) is 38.8 Å². The van der Waals surface area contributed by atoms with Crippen molar-refractivity contribution in [2.45, 2.75) is 5.92 Å². The predicted octanol–water partition coefficient (Wildman–Crippen LogP) is 2.45. The number of rotatable bonds is 7. The Labute approximate surface area is 168 Å². The number of ether oxygens (including phenoxy) is 2. The standard InChI is InChI=1S/C21H23N5O3/c1-28-17-7-16(8-18(10-17)29-2)26(5-6-27)15-3-4-19-20(9-15)25-21(13-22-19)14-11-23-24-12-14/h3-4,7-11,13-14,24,27H,5-6,12H2,1-2H3. The van der Waals surface area contributed by atoms with Gasteiger partial charge in [-0.15, -0.1) is 0 Å². The molecule has 2 N–H and O–H groups in total. The third-order valence-electron chi connectivity index (χ3n) is 4.86. The molecule has 1 unspecified atom stereocenters. The molecule has 0 spiro atoms. The number of aliphatic hydroxyl groups is 1. The normalized spacial score (nSPS) is 15.3. The maximum atomic E-state index is 9.66. The number of nitrogens with one attached hydrogen (secondary N) is 1. The highest BCUT2D eigenvalue weighted by Crippen LogP contribution is 2.33. The summed E-state index contributed by atoms with van der Waals surface area (Å²) in [5, 5.41) is 13.7. The van der Waals surface area contributed by atoms with Crippen molar-refractivity contribution in [3.63, 3.8) is 0 Å². The van der Waals surface area contributed by atoms with E-state index in [0.717, 1.165) is 34.6 Å². The van der Waals surface area contributed by atoms with Crippen LogP contribution in [-0.4, -0.2) is 55.2 Å². The molecule has 8 nitrogen and oxygen atoms in total. The van der Waals surface area contributed by atoms with Gasteiger partial charge < -0.3 is 24.9 Å². The van der Waals surface area contributed by atoms with Crippen LogP contribution in [0, 0.1) is 0 Å². The number of aromatic nitrogens is 2. The van der Waals surface area contributed by atoms with E-state index < -0.39 is 0 Å². The fourth-order valence-corrected chi connectivity index (χ4v) is 3.34. The van der Waals surface area contributed by atoms with Crippen LogP contribution in [0.15, 0.2) is 47.7 Å². The number of benzene rings is 2. The Morgan fingerprint density at radius 1 is 1.07 bits per heavy atom. The molecule has 1 aliphatic heterocycles. The summed E-state index contributed by atoms with van der Waals surface area (Å²) in [6.45, 7) is 1.13. The summed E-state index contributed by atoms with van der Waals surface area (Å²) in [4.78, 5) is 11.3. The molecular weight excluding hydrogens is 370 g/mol. The molecule has 0 saturated carbocycles. The third kappa shape index (κ3) is 3.93. The van der Waals surface area contributed by atoms with Crippen LogP contribution in [0.2, 0.25) is 0 Å². The zero-order chi connectivity index (χ0) is 20.2. The van der Waals surface area contributed by atoms with Crippen molar-refractivity contribution in [3.8, 4) is 11.5 Å². The SMILES string of the molecule is COc1cc(OC)cc(N(CCO)c2ccc3ncc(C4C=NNC4)nc3c2)c1. The number of hydrogen-bond donors (Lipinski definition) is 2. The highest BCUT2D eigenvalue weighted by Gasteiger charge is 2.17. The first-order chi connectivity index (χ1) is 14.2. The largest absolute Gasteiger partial charge is 0.497 e. The molecule has 8 heteroatoms. The highest BCUT2D eigenvalue weighted by molar-refractivity contribution is 5.82. The molecule has 29 heavy (non-hydrogen) atoms. The van der Waals surface area contributed by atoms with E-state index in [1.54, 1.807) is 20.4 Å². The van der Waals surface area contributed by atoms with Gasteiger partial charge in [-0.05, 0) is 18.2 Å². The van der Waals surface area contributed by atoms with Gasteiger partial charge in [-0.2, -0.15) is 5.10 Å². The lowest BCUT2D eigenvalue weighted by Gasteiger charge is -2.25. The van der Waals surface area contributed by atoms with Crippen molar-refractivity contribution < 1.29 is 14.6 Å². The lowest BCUT2D eigenvalue weighted by molar-refractivity contribution is 0.305. The van der Waals surface area contributed by atoms with Crippen LogP contribution in [0.1, 0.15) is 11.6 Å². The monoisotopic (exact) mass is 393 g/mol. The second-order valence-corrected chi connectivity index (χ2v) is 6.66. The Hall–Kier alpha value is -3.39. The smallest absolute Gasteiger partial charge is 0.124 e. The summed E-state index contributed by atoms with van der Waals surface area (Å²) in [5.41, 5.74) is 7.18. The molecule has 0 saturated heterocycles. The Morgan fingerprint density at radius 2 is 1.86 bits per heavy atom. The van der Waals surface area contributed by atoms with Crippen LogP contribution in [0.4, 0.5) is 11.4 Å². The lowest BCUT2D eigenvalue weighted by Crippen LogP contribution is -2.21. The van der Waals surface area contributed by atoms with E-state index in [1.807, 2.05) is 47.5 Å². The molecule has 1 aromatic heterocycles. The molecule has 2 heterocycles. The van der Waals surface area contributed by atoms with Gasteiger partial charge in [0.2, 0.25) is 0 Å². The van der Waals surface area contributed by atoms with Gasteiger partial charge in [0.1, 0.15) is 11.5 Å². The maximum Gasteiger partial charge on any atom is 0.124 e. The van der Waals surface area contributed by atoms with Crippen molar-refractivity contribution in [2.24, 2.45) is 5.10 Å². The summed E-state index contributed by atoms with van der Waals surface area (Å²) in [7, 11) is 3.23. The van der Waals surface area contributed by atoms with E-state index >= 15 is 0 Å². The first kappa shape index (κ1) is 18.9. The zero-order valence-corrected chi connectivity index (χ0v) is 16.4. The van der Waals surface area contributed by atoms with E-state index in [-0.39, 0.29) is 12.5 Å². The minimum atomic E-state index is -0.00646. The lowest BCUT2D eigenvalue weighted by atomic mass is 10.1. The molecular formula is C21H23N5O3. The molecule has 2 aromatic carbocycles. The molecule has 0 radical (unpaired) electrons. The summed E-state index contributed by atoms with van der Waals surface area (Å²) in [5.74, 6) is 1.48. The number of aliphatic hydroxyl groups excluding tert-OH is 1. The van der Waals surface area contributed by atoms with Gasteiger partial charge >= 0.3 is 0 Å². The molecule has 1 aliphatic rings. The first-order valence-electron chi connectivity index (χ1n) is 9.36. The van der Waals surface area contributed by atoms with Gasteiger partial charge in [-0.1, -0.05) is 0 Å². The van der Waals surface area contributed by atoms with Gasteiger partial charge in [0.05, 0.1) is 43.5 Å². The predicted molar refractivity (Wildman–Crippen MR) is 112 cm³/mol. The van der Waals surface area contributed by atoms with Crippen molar-refractivity contribution >= 4 is 28.6 Å². The highest BCUT2D eigenvalue weighted by atomic mass is 16.5. The molecule has 0 amide bonds. The van der Waals surface area contributed by atoms with E-state index in [4.69, 9.17) is 14.5 Å². The van der Waals surface area contributed by atoms with E-state index in [1.165, 1.54) is 0 Å². The average Bonchev–Trinajstić information content (AvgIpc) is 3.31. The zero-order valence-electron chi connectivity index (χ0n) is 16.4. The fraction of sp³-hybridized carbons (Fsp3) is 0.286.